The number of benzene rings is 1. The molecule has 1 aromatic carbocycles. The molecular formula is C19H27BFNO2. The summed E-state index contributed by atoms with van der Waals surface area (Å²) in [7, 11) is -0.937. The lowest BCUT2D eigenvalue weighted by Gasteiger charge is -2.32. The van der Waals surface area contributed by atoms with E-state index in [1.807, 2.05) is 39.8 Å². The maximum Gasteiger partial charge on any atom is 0.525 e. The number of hydrogen-bond donors (Lipinski definition) is 0. The molecule has 24 heavy (non-hydrogen) atoms. The highest BCUT2D eigenvalue weighted by Crippen LogP contribution is 2.39. The van der Waals surface area contributed by atoms with E-state index in [1.54, 1.807) is 0 Å². The Morgan fingerprint density at radius 2 is 1.71 bits per heavy atom. The smallest absolute Gasteiger partial charge is 0.398 e. The minimum absolute atomic E-state index is 0.387. The minimum atomic E-state index is -0.937. The van der Waals surface area contributed by atoms with Gasteiger partial charge in [0.2, 0.25) is 0 Å². The highest BCUT2D eigenvalue weighted by molar-refractivity contribution is 6.54. The second-order valence-corrected chi connectivity index (χ2v) is 7.86. The third-order valence-corrected chi connectivity index (χ3v) is 5.45. The molecule has 3 nitrogen and oxygen atoms in total. The first kappa shape index (κ1) is 17.5. The van der Waals surface area contributed by atoms with Crippen molar-refractivity contribution in [2.75, 3.05) is 18.0 Å². The Kier molecular flexibility index (Phi) is 4.52. The molecule has 0 atom stereocenters. The van der Waals surface area contributed by atoms with E-state index in [0.29, 0.717) is 0 Å². The maximum atomic E-state index is 14.6. The summed E-state index contributed by atoms with van der Waals surface area (Å²) in [5.41, 5.74) is 1.81. The van der Waals surface area contributed by atoms with Gasteiger partial charge in [0.05, 0.1) is 11.2 Å². The van der Waals surface area contributed by atoms with Gasteiger partial charge in [-0.3, -0.25) is 0 Å². The van der Waals surface area contributed by atoms with Gasteiger partial charge < -0.3 is 14.2 Å². The number of halogens is 1. The summed E-state index contributed by atoms with van der Waals surface area (Å²) in [6.07, 6.45) is 4.01. The number of nitrogens with zero attached hydrogens (tertiary/aromatic N) is 1. The Labute approximate surface area is 145 Å². The quantitative estimate of drug-likeness (QED) is 0.759. The molecule has 0 amide bonds. The first-order chi connectivity index (χ1) is 11.2. The molecule has 130 valence electrons. The van der Waals surface area contributed by atoms with Gasteiger partial charge in [0, 0.05) is 18.8 Å². The molecular weight excluding hydrogens is 304 g/mol. The Morgan fingerprint density at radius 3 is 2.25 bits per heavy atom. The third kappa shape index (κ3) is 3.24. The van der Waals surface area contributed by atoms with Crippen molar-refractivity contribution < 1.29 is 13.7 Å². The number of hydrogen-bond acceptors (Lipinski definition) is 3. The largest absolute Gasteiger partial charge is 0.525 e. The predicted octanol–water partition coefficient (Wildman–Crippen LogP) is 4.54. The Morgan fingerprint density at radius 1 is 1.12 bits per heavy atom. The van der Waals surface area contributed by atoms with Crippen LogP contribution in [0.2, 0.25) is 0 Å². The number of aryl methyl sites for hydroxylation is 1. The molecule has 2 aliphatic heterocycles. The molecule has 2 fully saturated rings. The van der Waals surface area contributed by atoms with E-state index in [4.69, 9.17) is 9.31 Å². The van der Waals surface area contributed by atoms with Gasteiger partial charge in [-0.1, -0.05) is 6.07 Å². The van der Waals surface area contributed by atoms with Crippen molar-refractivity contribution in [2.45, 2.75) is 58.7 Å². The van der Waals surface area contributed by atoms with Gasteiger partial charge in [0.15, 0.2) is 0 Å². The molecule has 2 heterocycles. The summed E-state index contributed by atoms with van der Waals surface area (Å²) in [5, 5.41) is 0. The molecule has 0 bridgehead atoms. The second-order valence-electron chi connectivity index (χ2n) is 7.86. The lowest BCUT2D eigenvalue weighted by Crippen LogP contribution is -2.41. The van der Waals surface area contributed by atoms with Gasteiger partial charge in [-0.25, -0.2) is 4.39 Å². The maximum absolute atomic E-state index is 14.6. The first-order valence-electron chi connectivity index (χ1n) is 8.78. The van der Waals surface area contributed by atoms with Crippen molar-refractivity contribution in [3.05, 3.63) is 35.1 Å². The van der Waals surface area contributed by atoms with Crippen molar-refractivity contribution in [1.82, 2.24) is 0 Å². The van der Waals surface area contributed by atoms with Gasteiger partial charge in [-0.15, -0.1) is 0 Å². The van der Waals surface area contributed by atoms with Crippen LogP contribution in [0.15, 0.2) is 23.9 Å². The van der Waals surface area contributed by atoms with Crippen molar-refractivity contribution in [3.8, 4) is 0 Å². The van der Waals surface area contributed by atoms with Crippen LogP contribution in [0.4, 0.5) is 10.1 Å². The van der Waals surface area contributed by atoms with Gasteiger partial charge in [0.1, 0.15) is 5.73 Å². The summed E-state index contributed by atoms with van der Waals surface area (Å²) in [4.78, 5) is 2.40. The van der Waals surface area contributed by atoms with Crippen molar-refractivity contribution in [1.29, 1.82) is 0 Å². The van der Waals surface area contributed by atoms with Crippen molar-refractivity contribution in [2.24, 2.45) is 0 Å². The van der Waals surface area contributed by atoms with E-state index in [1.165, 1.54) is 30.2 Å². The fraction of sp³-hybridized carbons (Fsp3) is 0.579. The van der Waals surface area contributed by atoms with Gasteiger partial charge in [-0.05, 0) is 76.8 Å². The highest BCUT2D eigenvalue weighted by atomic mass is 19.1. The fourth-order valence-corrected chi connectivity index (χ4v) is 3.26. The fourth-order valence-electron chi connectivity index (χ4n) is 3.26. The SMILES string of the molecule is Cc1cc(C=C(F)B2OC(C)(C)C(C)(C)O2)ccc1N1CCCC1. The van der Waals surface area contributed by atoms with Crippen molar-refractivity contribution >= 4 is 18.9 Å². The molecule has 3 rings (SSSR count). The monoisotopic (exact) mass is 331 g/mol. The summed E-state index contributed by atoms with van der Waals surface area (Å²) in [6.45, 7) is 12.0. The average molecular weight is 331 g/mol. The molecule has 0 N–H and O–H groups in total. The van der Waals surface area contributed by atoms with Crippen molar-refractivity contribution in [3.63, 3.8) is 0 Å². The average Bonchev–Trinajstić information content (AvgIpc) is 3.06. The van der Waals surface area contributed by atoms with Crippen LogP contribution in [0.5, 0.6) is 0 Å². The van der Waals surface area contributed by atoms with Gasteiger partial charge >= 0.3 is 7.12 Å². The van der Waals surface area contributed by atoms with E-state index in [-0.39, 0.29) is 5.73 Å². The standard InChI is InChI=1S/C19H27BFNO2/c1-14-12-15(8-9-16(14)22-10-6-7-11-22)13-17(21)20-23-18(2,3)19(4,5)24-20/h8-9,12-13H,6-7,10-11H2,1-5H3. The lowest BCUT2D eigenvalue weighted by atomic mass is 9.86. The van der Waals surface area contributed by atoms with E-state index < -0.39 is 18.3 Å². The zero-order valence-electron chi connectivity index (χ0n) is 15.4. The normalized spacial score (nSPS) is 23.2. The zero-order valence-corrected chi connectivity index (χ0v) is 15.4. The van der Waals surface area contributed by atoms with E-state index in [2.05, 4.69) is 17.9 Å². The van der Waals surface area contributed by atoms with E-state index in [0.717, 1.165) is 18.7 Å². The minimum Gasteiger partial charge on any atom is -0.398 e. The lowest BCUT2D eigenvalue weighted by molar-refractivity contribution is 0.00578. The van der Waals surface area contributed by atoms with E-state index >= 15 is 0 Å². The molecule has 5 heteroatoms. The molecule has 0 spiro atoms. The summed E-state index contributed by atoms with van der Waals surface area (Å²) >= 11 is 0. The topological polar surface area (TPSA) is 21.7 Å². The van der Waals surface area contributed by atoms with Crippen LogP contribution in [-0.2, 0) is 9.31 Å². The molecule has 0 aliphatic carbocycles. The molecule has 2 aliphatic rings. The van der Waals surface area contributed by atoms with Crippen LogP contribution >= 0.6 is 0 Å². The molecule has 2 saturated heterocycles. The summed E-state index contributed by atoms with van der Waals surface area (Å²) in [6, 6.07) is 6.08. The van der Waals surface area contributed by atoms with Gasteiger partial charge in [-0.2, -0.15) is 0 Å². The summed E-state index contributed by atoms with van der Waals surface area (Å²) < 4.78 is 26.1. The predicted molar refractivity (Wildman–Crippen MR) is 97.8 cm³/mol. The molecule has 0 aromatic heterocycles. The van der Waals surface area contributed by atoms with Crippen LogP contribution < -0.4 is 4.90 Å². The summed E-state index contributed by atoms with van der Waals surface area (Å²) in [5.74, 6) is 0. The molecule has 1 aromatic rings. The van der Waals surface area contributed by atoms with Crippen LogP contribution in [0, 0.1) is 6.92 Å². The van der Waals surface area contributed by atoms with Gasteiger partial charge in [0.25, 0.3) is 0 Å². The van der Waals surface area contributed by atoms with Crippen LogP contribution in [0.25, 0.3) is 6.08 Å². The number of anilines is 1. The van der Waals surface area contributed by atoms with Crippen LogP contribution in [0.1, 0.15) is 51.7 Å². The van der Waals surface area contributed by atoms with Crippen LogP contribution in [0.3, 0.4) is 0 Å². The Hall–Kier alpha value is -1.33. The number of rotatable bonds is 3. The first-order valence-corrected chi connectivity index (χ1v) is 8.78. The van der Waals surface area contributed by atoms with E-state index in [9.17, 15) is 4.39 Å². The Bertz CT molecular complexity index is 635. The third-order valence-electron chi connectivity index (χ3n) is 5.45. The highest BCUT2D eigenvalue weighted by Gasteiger charge is 2.53. The zero-order chi connectivity index (χ0) is 17.5. The molecule has 0 radical (unpaired) electrons. The van der Waals surface area contributed by atoms with Crippen LogP contribution in [-0.4, -0.2) is 31.4 Å². The molecule has 0 saturated carbocycles. The Balaban J connectivity index is 1.77. The molecule has 0 unspecified atom stereocenters. The second kappa shape index (κ2) is 6.19.